The van der Waals surface area contributed by atoms with Gasteiger partial charge in [0.15, 0.2) is 11.6 Å². The van der Waals surface area contributed by atoms with Gasteiger partial charge >= 0.3 is 87.0 Å². The minimum Gasteiger partial charge on any atom is -0.744 e. The molecule has 0 saturated heterocycles. The van der Waals surface area contributed by atoms with Crippen molar-refractivity contribution >= 4 is 70.9 Å². The van der Waals surface area contributed by atoms with Gasteiger partial charge in [0.05, 0.1) is 32.3 Å². The van der Waals surface area contributed by atoms with Crippen LogP contribution in [-0.2, 0) is 30.4 Å². The van der Waals surface area contributed by atoms with E-state index in [9.17, 15) is 52.9 Å². The number of anilines is 5. The summed E-state index contributed by atoms with van der Waals surface area (Å²) in [4.78, 5) is 35.3. The molecule has 2 aliphatic carbocycles. The molecule has 1 aromatic heterocycles. The van der Waals surface area contributed by atoms with Gasteiger partial charge in [-0.25, -0.2) is 16.8 Å². The Morgan fingerprint density at radius 3 is 1.83 bits per heavy atom. The fourth-order valence-electron chi connectivity index (χ4n) is 5.98. The van der Waals surface area contributed by atoms with Crippen molar-refractivity contribution in [2.24, 2.45) is 0 Å². The molecule has 0 radical (unpaired) electrons. The fraction of sp³-hybridized carbons (Fsp3) is 0.207. The number of nitrogens with one attached hydrogen (secondary N) is 3. The summed E-state index contributed by atoms with van der Waals surface area (Å²) in [5.74, 6) is -2.22. The Hall–Kier alpha value is -2.49. The van der Waals surface area contributed by atoms with Gasteiger partial charge in [-0.3, -0.25) is 14.1 Å². The smallest absolute Gasteiger partial charge is 0.744 e. The molecule has 268 valence electrons. The predicted molar refractivity (Wildman–Crippen MR) is 173 cm³/mol. The second-order valence-corrected chi connectivity index (χ2v) is 15.7. The minimum absolute atomic E-state index is 0. The standard InChI is InChI=1S/C29H26FN7O11S3.K.Na/c30-27-35-28(37-29(36-27)34-18-11-15(49(40,41)42)9-10-20(18)50(43,44)45)33-14-7-5-13(6-8-14)32-19-12-21(51(46,47)48)24(31)23-22(19)25(38)16-3-1-2-4-17(16)26(23)39;;/h1-4,9-14,32H,5-8,31H2,(H,40,41,42)(H,43,44,45)(H,46,47,48)(H2,33,34,35,36,37);;/q;2*+1/p-2. The summed E-state index contributed by atoms with van der Waals surface area (Å²) in [7, 11) is -15.2. The monoisotopic (exact) mass is 823 g/mol. The number of nitrogens with zero attached hydrogens (tertiary/aromatic N) is 3. The first kappa shape index (κ1) is 43.2. The minimum atomic E-state index is -5.20. The molecule has 0 spiro atoms. The van der Waals surface area contributed by atoms with E-state index in [-0.39, 0.29) is 115 Å². The molecule has 0 unspecified atom stereocenters. The molecule has 24 heteroatoms. The van der Waals surface area contributed by atoms with Gasteiger partial charge < -0.3 is 30.8 Å². The topological polar surface area (TPSA) is 304 Å². The summed E-state index contributed by atoms with van der Waals surface area (Å²) >= 11 is 0. The summed E-state index contributed by atoms with van der Waals surface area (Å²) < 4.78 is 118. The van der Waals surface area contributed by atoms with Crippen LogP contribution in [0.4, 0.5) is 33.3 Å². The zero-order valence-electron chi connectivity index (χ0n) is 27.7. The van der Waals surface area contributed by atoms with Crippen molar-refractivity contribution in [3.8, 4) is 0 Å². The van der Waals surface area contributed by atoms with Gasteiger partial charge in [0.25, 0.3) is 10.1 Å². The maximum absolute atomic E-state index is 14.4. The summed E-state index contributed by atoms with van der Waals surface area (Å²) in [6.07, 6.45) is 0.141. The molecule has 4 aromatic rings. The van der Waals surface area contributed by atoms with Crippen molar-refractivity contribution in [3.63, 3.8) is 0 Å². The molecule has 0 amide bonds. The van der Waals surface area contributed by atoms with Gasteiger partial charge in [-0.15, -0.1) is 0 Å². The summed E-state index contributed by atoms with van der Waals surface area (Å²) in [6, 6.07) is 7.95. The zero-order valence-corrected chi connectivity index (χ0v) is 35.2. The third-order valence-electron chi connectivity index (χ3n) is 8.26. The molecule has 6 rings (SSSR count). The van der Waals surface area contributed by atoms with Gasteiger partial charge in [0, 0.05) is 28.9 Å². The van der Waals surface area contributed by atoms with Crippen LogP contribution in [-0.4, -0.2) is 77.5 Å². The van der Waals surface area contributed by atoms with Crippen LogP contribution < -0.4 is 103 Å². The number of nitrogen functional groups attached to an aromatic ring is 1. The van der Waals surface area contributed by atoms with Crippen molar-refractivity contribution in [2.45, 2.75) is 52.5 Å². The molecule has 3 aromatic carbocycles. The van der Waals surface area contributed by atoms with E-state index >= 15 is 0 Å². The third-order valence-corrected chi connectivity index (χ3v) is 10.9. The van der Waals surface area contributed by atoms with Crippen molar-refractivity contribution in [1.82, 2.24) is 15.0 Å². The van der Waals surface area contributed by atoms with E-state index in [0.717, 1.165) is 6.07 Å². The van der Waals surface area contributed by atoms with E-state index in [2.05, 4.69) is 30.9 Å². The second-order valence-electron chi connectivity index (χ2n) is 11.5. The molecule has 1 heterocycles. The molecule has 1 fully saturated rings. The van der Waals surface area contributed by atoms with Crippen molar-refractivity contribution < 1.29 is 134 Å². The number of ketones is 2. The molecule has 1 saturated carbocycles. The Balaban J connectivity index is 0.00000314. The largest absolute Gasteiger partial charge is 1.00 e. The predicted octanol–water partition coefficient (Wildman–Crippen LogP) is -3.99. The first-order valence-electron chi connectivity index (χ1n) is 14.7. The first-order valence-corrected chi connectivity index (χ1v) is 19.0. The summed E-state index contributed by atoms with van der Waals surface area (Å²) in [5, 5.41) is 8.26. The second kappa shape index (κ2) is 16.3. The number of hydrogen-bond acceptors (Lipinski definition) is 17. The average Bonchev–Trinajstić information content (AvgIpc) is 3.03. The molecule has 6 N–H and O–H groups in total. The van der Waals surface area contributed by atoms with E-state index in [1.165, 1.54) is 18.2 Å². The van der Waals surface area contributed by atoms with Crippen LogP contribution in [0, 0.1) is 6.08 Å². The number of fused-ring (bicyclic) bond motifs is 2. The SMILES string of the molecule is Nc1c(S(=O)(=O)O)cc(NC2CCC(Nc3nc(F)nc(Nc4cc(S(=O)(=O)[O-])ccc4S(=O)(=O)[O-])n3)CC2)c2c1C(=O)c1ccccc1C2=O.[K+].[Na+]. The van der Waals surface area contributed by atoms with E-state index < -0.39 is 92.1 Å². The van der Waals surface area contributed by atoms with Crippen LogP contribution in [0.1, 0.15) is 57.5 Å². The van der Waals surface area contributed by atoms with Gasteiger partial charge in [-0.05, 0) is 49.9 Å². The first-order chi connectivity index (χ1) is 23.8. The number of nitrogens with two attached hydrogens (primary N) is 1. The van der Waals surface area contributed by atoms with E-state index in [1.807, 2.05) is 0 Å². The van der Waals surface area contributed by atoms with Gasteiger partial charge in [0.1, 0.15) is 25.1 Å². The number of carbonyl (C=O) groups excluding carboxylic acids is 2. The molecular formula is C29H24FKN7NaO11S3. The number of aromatic nitrogens is 3. The molecule has 2 aliphatic rings. The molecule has 0 bridgehead atoms. The average molecular weight is 824 g/mol. The van der Waals surface area contributed by atoms with Crippen molar-refractivity contribution in [1.29, 1.82) is 0 Å². The van der Waals surface area contributed by atoms with Crippen LogP contribution in [0.25, 0.3) is 0 Å². The Morgan fingerprint density at radius 2 is 1.28 bits per heavy atom. The Labute approximate surface area is 366 Å². The Bertz CT molecular complexity index is 2490. The van der Waals surface area contributed by atoms with Gasteiger partial charge in [0.2, 0.25) is 11.9 Å². The van der Waals surface area contributed by atoms with Crippen molar-refractivity contribution in [3.05, 3.63) is 76.9 Å². The third kappa shape index (κ3) is 9.32. The Morgan fingerprint density at radius 1 is 0.736 bits per heavy atom. The quantitative estimate of drug-likeness (QED) is 0.0538. The number of hydrogen-bond donors (Lipinski definition) is 5. The molecule has 0 aliphatic heterocycles. The van der Waals surface area contributed by atoms with Crippen LogP contribution in [0.3, 0.4) is 0 Å². The number of benzene rings is 3. The number of carbonyl (C=O) groups is 2. The van der Waals surface area contributed by atoms with E-state index in [4.69, 9.17) is 5.73 Å². The fourth-order valence-corrected chi connectivity index (χ4v) is 7.73. The molecule has 0 atom stereocenters. The van der Waals surface area contributed by atoms with Gasteiger partial charge in [-0.2, -0.15) is 27.8 Å². The molecular weight excluding hydrogens is 800 g/mol. The summed E-state index contributed by atoms with van der Waals surface area (Å²) in [5.41, 5.74) is 4.37. The van der Waals surface area contributed by atoms with Crippen LogP contribution in [0.2, 0.25) is 0 Å². The Kier molecular flexibility index (Phi) is 13.3. The molecule has 53 heavy (non-hydrogen) atoms. The molecule has 18 nitrogen and oxygen atoms in total. The number of rotatable bonds is 9. The maximum Gasteiger partial charge on any atom is 1.00 e. The van der Waals surface area contributed by atoms with Crippen molar-refractivity contribution in [2.75, 3.05) is 21.7 Å². The van der Waals surface area contributed by atoms with Gasteiger partial charge in [-0.1, -0.05) is 24.3 Å². The summed E-state index contributed by atoms with van der Waals surface area (Å²) in [6.45, 7) is 0. The maximum atomic E-state index is 14.4. The van der Waals surface area contributed by atoms with E-state index in [0.29, 0.717) is 43.9 Å². The zero-order chi connectivity index (χ0) is 37.0. The van der Waals surface area contributed by atoms with Crippen LogP contribution >= 0.6 is 0 Å². The number of halogens is 1. The van der Waals surface area contributed by atoms with Crippen LogP contribution in [0.15, 0.2) is 63.2 Å². The van der Waals surface area contributed by atoms with Crippen LogP contribution in [0.5, 0.6) is 0 Å². The normalized spacial score (nSPS) is 17.1. The van der Waals surface area contributed by atoms with E-state index in [1.54, 1.807) is 6.07 Å².